The lowest BCUT2D eigenvalue weighted by Gasteiger charge is -2.21. The second-order valence-electron chi connectivity index (χ2n) is 29.3. The van der Waals surface area contributed by atoms with Crippen molar-refractivity contribution in [2.24, 2.45) is 23.7 Å². The monoisotopic (exact) mass is 1420 g/mol. The first-order valence-electron chi connectivity index (χ1n) is 40.3. The summed E-state index contributed by atoms with van der Waals surface area (Å²) in [6.07, 6.45) is 52.5. The zero-order chi connectivity index (χ0) is 71.7. The SMILES string of the molecule is CCC(C)CCCCCCCCCCCCCCCCC(=O)O[C@H](COC(=O)CCCCCCCCCCCCC(C)CC)COP(=O)(O)OC[C@@H](O)COP(=O)(O)OC[C@@H](COC(=O)CCCCCCCCCCC(C)CC)OC(=O)CCCCCCCCCCCCC(C)C. The van der Waals surface area contributed by atoms with Gasteiger partial charge in [-0.05, 0) is 49.4 Å². The molecule has 0 rings (SSSR count). The van der Waals surface area contributed by atoms with Gasteiger partial charge in [-0.2, -0.15) is 0 Å². The van der Waals surface area contributed by atoms with Crippen LogP contribution in [0.15, 0.2) is 0 Å². The summed E-state index contributed by atoms with van der Waals surface area (Å²) >= 11 is 0. The Morgan fingerprint density at radius 3 is 0.732 bits per heavy atom. The molecule has 0 aromatic carbocycles. The number of rotatable bonds is 75. The van der Waals surface area contributed by atoms with Gasteiger partial charge >= 0.3 is 39.5 Å². The van der Waals surface area contributed by atoms with Crippen molar-refractivity contribution in [2.45, 2.75) is 414 Å². The molecule has 17 nitrogen and oxygen atoms in total. The number of aliphatic hydroxyl groups excluding tert-OH is 1. The van der Waals surface area contributed by atoms with Gasteiger partial charge in [0.1, 0.15) is 19.3 Å². The van der Waals surface area contributed by atoms with Gasteiger partial charge in [-0.15, -0.1) is 0 Å². The van der Waals surface area contributed by atoms with Crippen LogP contribution in [0.1, 0.15) is 396 Å². The number of phosphoric ester groups is 2. The average Bonchev–Trinajstić information content (AvgIpc) is 1.47. The van der Waals surface area contributed by atoms with Gasteiger partial charge in [0.2, 0.25) is 0 Å². The zero-order valence-corrected chi connectivity index (χ0v) is 65.5. The van der Waals surface area contributed by atoms with Crippen LogP contribution < -0.4 is 0 Å². The molecule has 0 aromatic heterocycles. The standard InChI is InChI=1S/C78H152O17P2/c1-9-69(6)55-47-39-31-23-16-14-12-13-15-17-26-36-44-52-60-77(82)94-73(64-88-75(80)58-50-42-34-25-21-19-24-32-40-48-56-70(7)10-2)66-92-96(84,85)90-62-72(79)63-91-97(86,87)93-67-74(65-89-76(81)59-51-43-35-29-28-33-41-49-57-71(8)11-3)95-78(83)61-53-45-37-27-20-18-22-30-38-46-54-68(4)5/h68-74,79H,9-67H2,1-8H3,(H,84,85)(H,86,87)/t69?,70?,71?,72-,73-,74-/m1/s1. The van der Waals surface area contributed by atoms with Gasteiger partial charge in [-0.1, -0.05) is 344 Å². The summed E-state index contributed by atoms with van der Waals surface area (Å²) in [6, 6.07) is 0. The average molecular weight is 1420 g/mol. The van der Waals surface area contributed by atoms with Gasteiger partial charge in [-0.3, -0.25) is 37.3 Å². The molecule has 19 heteroatoms. The topological polar surface area (TPSA) is 237 Å². The second kappa shape index (κ2) is 67.2. The van der Waals surface area contributed by atoms with Crippen molar-refractivity contribution in [1.82, 2.24) is 0 Å². The van der Waals surface area contributed by atoms with Gasteiger partial charge in [0, 0.05) is 25.7 Å². The van der Waals surface area contributed by atoms with Crippen LogP contribution in [-0.4, -0.2) is 96.7 Å². The van der Waals surface area contributed by atoms with E-state index < -0.39 is 97.5 Å². The molecular weight excluding hydrogens is 1270 g/mol. The minimum Gasteiger partial charge on any atom is -0.462 e. The molecule has 5 unspecified atom stereocenters. The minimum absolute atomic E-state index is 0.105. The maximum Gasteiger partial charge on any atom is 0.472 e. The lowest BCUT2D eigenvalue weighted by Crippen LogP contribution is -2.30. The number of carbonyl (C=O) groups excluding carboxylic acids is 4. The quantitative estimate of drug-likeness (QED) is 0.0222. The number of ether oxygens (including phenoxy) is 4. The first-order chi connectivity index (χ1) is 46.7. The smallest absolute Gasteiger partial charge is 0.462 e. The molecule has 0 aliphatic rings. The molecule has 0 aromatic rings. The maximum absolute atomic E-state index is 13.1. The van der Waals surface area contributed by atoms with E-state index in [0.717, 1.165) is 114 Å². The summed E-state index contributed by atoms with van der Waals surface area (Å²) in [5.74, 6) is 1.07. The van der Waals surface area contributed by atoms with E-state index in [4.69, 9.17) is 37.0 Å². The summed E-state index contributed by atoms with van der Waals surface area (Å²) in [6.45, 7) is 14.3. The largest absolute Gasteiger partial charge is 0.472 e. The van der Waals surface area contributed by atoms with E-state index in [-0.39, 0.29) is 25.7 Å². The van der Waals surface area contributed by atoms with Gasteiger partial charge < -0.3 is 33.8 Å². The Morgan fingerprint density at radius 2 is 0.495 bits per heavy atom. The van der Waals surface area contributed by atoms with Gasteiger partial charge in [-0.25, -0.2) is 9.13 Å². The lowest BCUT2D eigenvalue weighted by molar-refractivity contribution is -0.161. The Morgan fingerprint density at radius 1 is 0.289 bits per heavy atom. The Balaban J connectivity index is 5.28. The fourth-order valence-electron chi connectivity index (χ4n) is 11.8. The third-order valence-electron chi connectivity index (χ3n) is 19.2. The summed E-state index contributed by atoms with van der Waals surface area (Å²) in [7, 11) is -9.92. The van der Waals surface area contributed by atoms with Crippen molar-refractivity contribution in [1.29, 1.82) is 0 Å². The van der Waals surface area contributed by atoms with Crippen LogP contribution >= 0.6 is 15.6 Å². The van der Waals surface area contributed by atoms with Crippen LogP contribution in [0.25, 0.3) is 0 Å². The number of carbonyl (C=O) groups is 4. The maximum atomic E-state index is 13.1. The molecule has 0 aliphatic heterocycles. The molecule has 0 saturated carbocycles. The molecule has 0 amide bonds. The van der Waals surface area contributed by atoms with Crippen LogP contribution in [0, 0.1) is 23.7 Å². The Bertz CT molecular complexity index is 1910. The molecule has 0 aliphatic carbocycles. The summed E-state index contributed by atoms with van der Waals surface area (Å²) < 4.78 is 68.6. The van der Waals surface area contributed by atoms with E-state index in [1.165, 1.54) is 199 Å². The van der Waals surface area contributed by atoms with Crippen molar-refractivity contribution >= 4 is 39.5 Å². The highest BCUT2D eigenvalue weighted by molar-refractivity contribution is 7.47. The van der Waals surface area contributed by atoms with Crippen LogP contribution in [0.4, 0.5) is 0 Å². The number of hydrogen-bond acceptors (Lipinski definition) is 15. The predicted octanol–water partition coefficient (Wildman–Crippen LogP) is 22.8. The highest BCUT2D eigenvalue weighted by Gasteiger charge is 2.30. The van der Waals surface area contributed by atoms with E-state index >= 15 is 0 Å². The van der Waals surface area contributed by atoms with Gasteiger partial charge in [0.15, 0.2) is 12.2 Å². The van der Waals surface area contributed by atoms with Crippen molar-refractivity contribution in [3.8, 4) is 0 Å². The summed E-state index contributed by atoms with van der Waals surface area (Å²) in [5, 5.41) is 10.6. The summed E-state index contributed by atoms with van der Waals surface area (Å²) in [5.41, 5.74) is 0. The van der Waals surface area contributed by atoms with Crippen molar-refractivity contribution < 1.29 is 80.2 Å². The first kappa shape index (κ1) is 95.1. The van der Waals surface area contributed by atoms with Crippen LogP contribution in [-0.2, 0) is 65.4 Å². The molecule has 0 heterocycles. The number of esters is 4. The van der Waals surface area contributed by atoms with Crippen molar-refractivity contribution in [3.05, 3.63) is 0 Å². The number of unbranched alkanes of at least 4 members (excludes halogenated alkanes) is 38. The Kier molecular flexibility index (Phi) is 65.9. The molecule has 0 spiro atoms. The van der Waals surface area contributed by atoms with Gasteiger partial charge in [0.05, 0.1) is 26.4 Å². The highest BCUT2D eigenvalue weighted by Crippen LogP contribution is 2.45. The van der Waals surface area contributed by atoms with Crippen molar-refractivity contribution in [2.75, 3.05) is 39.6 Å². The third kappa shape index (κ3) is 68.3. The predicted molar refractivity (Wildman–Crippen MR) is 395 cm³/mol. The normalized spacial score (nSPS) is 14.9. The molecule has 576 valence electrons. The zero-order valence-electron chi connectivity index (χ0n) is 63.7. The van der Waals surface area contributed by atoms with E-state index in [9.17, 15) is 43.2 Å². The van der Waals surface area contributed by atoms with E-state index in [2.05, 4.69) is 55.4 Å². The van der Waals surface area contributed by atoms with Crippen LogP contribution in [0.3, 0.4) is 0 Å². The minimum atomic E-state index is -4.96. The molecule has 0 fully saturated rings. The second-order valence-corrected chi connectivity index (χ2v) is 32.2. The van der Waals surface area contributed by atoms with E-state index in [0.29, 0.717) is 25.7 Å². The Hall–Kier alpha value is -1.94. The number of hydrogen-bond donors (Lipinski definition) is 3. The van der Waals surface area contributed by atoms with E-state index in [1.807, 2.05) is 0 Å². The highest BCUT2D eigenvalue weighted by atomic mass is 31.2. The van der Waals surface area contributed by atoms with Crippen molar-refractivity contribution in [3.63, 3.8) is 0 Å². The van der Waals surface area contributed by atoms with Crippen LogP contribution in [0.2, 0.25) is 0 Å². The molecule has 97 heavy (non-hydrogen) atoms. The molecular formula is C78H152O17P2. The molecule has 0 bridgehead atoms. The number of aliphatic hydroxyl groups is 1. The molecule has 0 saturated heterocycles. The third-order valence-corrected chi connectivity index (χ3v) is 21.1. The number of phosphoric acid groups is 2. The molecule has 3 N–H and O–H groups in total. The molecule has 0 radical (unpaired) electrons. The van der Waals surface area contributed by atoms with Crippen LogP contribution in [0.5, 0.6) is 0 Å². The fraction of sp³-hybridized carbons (Fsp3) is 0.949. The van der Waals surface area contributed by atoms with Gasteiger partial charge in [0.25, 0.3) is 0 Å². The molecule has 8 atom stereocenters. The lowest BCUT2D eigenvalue weighted by atomic mass is 9.99. The van der Waals surface area contributed by atoms with E-state index in [1.54, 1.807) is 0 Å². The fourth-order valence-corrected chi connectivity index (χ4v) is 13.4. The summed E-state index contributed by atoms with van der Waals surface area (Å²) in [4.78, 5) is 72.9. The Labute approximate surface area is 594 Å². The first-order valence-corrected chi connectivity index (χ1v) is 43.3.